The summed E-state index contributed by atoms with van der Waals surface area (Å²) in [4.78, 5) is 14.3. The second-order valence-corrected chi connectivity index (χ2v) is 6.90. The van der Waals surface area contributed by atoms with Gasteiger partial charge in [0.2, 0.25) is 5.91 Å². The molecular formula is C17H22BrFN4O. The molecule has 1 amide bonds. The molecule has 130 valence electrons. The first kappa shape index (κ1) is 18.6. The van der Waals surface area contributed by atoms with E-state index in [1.807, 2.05) is 20.9 Å². The van der Waals surface area contributed by atoms with Crippen molar-refractivity contribution in [2.24, 2.45) is 7.05 Å². The van der Waals surface area contributed by atoms with Crippen LogP contribution in [-0.2, 0) is 18.4 Å². The highest BCUT2D eigenvalue weighted by Crippen LogP contribution is 2.20. The van der Waals surface area contributed by atoms with Crippen LogP contribution in [0.25, 0.3) is 0 Å². The fourth-order valence-electron chi connectivity index (χ4n) is 2.45. The molecule has 5 nitrogen and oxygen atoms in total. The van der Waals surface area contributed by atoms with Gasteiger partial charge in [-0.2, -0.15) is 5.10 Å². The molecule has 0 fully saturated rings. The van der Waals surface area contributed by atoms with Crippen LogP contribution in [-0.4, -0.2) is 33.7 Å². The Bertz CT molecular complexity index is 759. The van der Waals surface area contributed by atoms with E-state index in [2.05, 4.69) is 26.3 Å². The molecule has 24 heavy (non-hydrogen) atoms. The third-order valence-electron chi connectivity index (χ3n) is 4.23. The maximum Gasteiger partial charge on any atom is 0.241 e. The summed E-state index contributed by atoms with van der Waals surface area (Å²) >= 11 is 3.34. The highest BCUT2D eigenvalue weighted by molar-refractivity contribution is 9.10. The van der Waals surface area contributed by atoms with Crippen molar-refractivity contribution in [3.63, 3.8) is 0 Å². The zero-order valence-corrected chi connectivity index (χ0v) is 16.1. The number of amides is 1. The second-order valence-electron chi connectivity index (χ2n) is 5.99. The third kappa shape index (κ3) is 4.02. The Morgan fingerprint density at radius 2 is 2.12 bits per heavy atom. The molecule has 1 N–H and O–H groups in total. The van der Waals surface area contributed by atoms with E-state index >= 15 is 0 Å². The number of benzene rings is 1. The molecular weight excluding hydrogens is 375 g/mol. The van der Waals surface area contributed by atoms with Gasteiger partial charge < -0.3 is 5.32 Å². The molecule has 1 aromatic carbocycles. The van der Waals surface area contributed by atoms with Crippen molar-refractivity contribution in [1.29, 1.82) is 0 Å². The number of carbonyl (C=O) groups excluding carboxylic acids is 1. The van der Waals surface area contributed by atoms with Gasteiger partial charge in [0, 0.05) is 23.6 Å². The largest absolute Gasteiger partial charge is 0.322 e. The smallest absolute Gasteiger partial charge is 0.241 e. The first-order valence-electron chi connectivity index (χ1n) is 7.66. The van der Waals surface area contributed by atoms with Crippen LogP contribution in [0, 0.1) is 19.7 Å². The average molecular weight is 397 g/mol. The van der Waals surface area contributed by atoms with E-state index in [0.29, 0.717) is 12.1 Å². The van der Waals surface area contributed by atoms with Crippen LogP contribution in [0.3, 0.4) is 0 Å². The molecule has 0 aliphatic rings. The minimum atomic E-state index is -0.414. The van der Waals surface area contributed by atoms with Gasteiger partial charge in [-0.15, -0.1) is 0 Å². The fourth-order valence-corrected chi connectivity index (χ4v) is 2.86. The molecule has 1 unspecified atom stereocenters. The molecule has 0 bridgehead atoms. The lowest BCUT2D eigenvalue weighted by atomic mass is 10.1. The van der Waals surface area contributed by atoms with Crippen LogP contribution in [0.15, 0.2) is 22.7 Å². The van der Waals surface area contributed by atoms with E-state index in [0.717, 1.165) is 21.5 Å². The molecule has 2 rings (SSSR count). The highest BCUT2D eigenvalue weighted by Gasteiger charge is 2.21. The van der Waals surface area contributed by atoms with Crippen molar-refractivity contribution in [1.82, 2.24) is 14.7 Å². The summed E-state index contributed by atoms with van der Waals surface area (Å²) < 4.78 is 16.4. The third-order valence-corrected chi connectivity index (χ3v) is 4.72. The quantitative estimate of drug-likeness (QED) is 0.842. The Hall–Kier alpha value is -1.73. The van der Waals surface area contributed by atoms with Crippen LogP contribution in [0.1, 0.15) is 23.9 Å². The molecule has 1 atom stereocenters. The number of carbonyl (C=O) groups is 1. The van der Waals surface area contributed by atoms with Gasteiger partial charge in [0.1, 0.15) is 5.82 Å². The predicted octanol–water partition coefficient (Wildman–Crippen LogP) is 3.40. The van der Waals surface area contributed by atoms with Crippen LogP contribution in [0.5, 0.6) is 0 Å². The fraction of sp³-hybridized carbons (Fsp3) is 0.412. The first-order chi connectivity index (χ1) is 11.2. The summed E-state index contributed by atoms with van der Waals surface area (Å²) in [6.07, 6.45) is 0. The lowest BCUT2D eigenvalue weighted by Crippen LogP contribution is -2.39. The van der Waals surface area contributed by atoms with Crippen LogP contribution in [0.2, 0.25) is 0 Å². The number of anilines is 1. The maximum atomic E-state index is 13.9. The van der Waals surface area contributed by atoms with Crippen molar-refractivity contribution in [2.75, 3.05) is 12.4 Å². The molecule has 0 radical (unpaired) electrons. The molecule has 2 aromatic rings. The zero-order valence-electron chi connectivity index (χ0n) is 14.5. The van der Waals surface area contributed by atoms with Crippen LogP contribution in [0.4, 0.5) is 10.1 Å². The SMILES string of the molecule is Cc1nn(C)c(C)c1NC(=O)C(C)N(C)Cc1cc(Br)ccc1F. The summed E-state index contributed by atoms with van der Waals surface area (Å²) in [5, 5.41) is 7.22. The molecule has 0 saturated carbocycles. The van der Waals surface area contributed by atoms with Gasteiger partial charge in [-0.3, -0.25) is 14.4 Å². The molecule has 0 saturated heterocycles. The summed E-state index contributed by atoms with van der Waals surface area (Å²) in [7, 11) is 3.64. The molecule has 0 aliphatic heterocycles. The van der Waals surface area contributed by atoms with E-state index in [4.69, 9.17) is 0 Å². The van der Waals surface area contributed by atoms with Gasteiger partial charge in [0.05, 0.1) is 23.1 Å². The van der Waals surface area contributed by atoms with E-state index < -0.39 is 6.04 Å². The summed E-state index contributed by atoms with van der Waals surface area (Å²) in [5.74, 6) is -0.427. The minimum absolute atomic E-state index is 0.146. The number of halogens is 2. The Kier molecular flexibility index (Phi) is 5.77. The molecule has 7 heteroatoms. The van der Waals surface area contributed by atoms with Crippen LogP contribution < -0.4 is 5.32 Å². The summed E-state index contributed by atoms with van der Waals surface area (Å²) in [5.41, 5.74) is 2.95. The lowest BCUT2D eigenvalue weighted by Gasteiger charge is -2.24. The van der Waals surface area contributed by atoms with Crippen molar-refractivity contribution >= 4 is 27.5 Å². The van der Waals surface area contributed by atoms with Crippen molar-refractivity contribution in [2.45, 2.75) is 33.4 Å². The van der Waals surface area contributed by atoms with E-state index in [-0.39, 0.29) is 11.7 Å². The number of rotatable bonds is 5. The molecule has 0 spiro atoms. The highest BCUT2D eigenvalue weighted by atomic mass is 79.9. The summed E-state index contributed by atoms with van der Waals surface area (Å²) in [6.45, 7) is 5.89. The number of hydrogen-bond acceptors (Lipinski definition) is 3. The van der Waals surface area contributed by atoms with Gasteiger partial charge in [0.15, 0.2) is 0 Å². The normalized spacial score (nSPS) is 12.5. The van der Waals surface area contributed by atoms with Gasteiger partial charge in [-0.25, -0.2) is 4.39 Å². The standard InChI is InChI=1S/C17H22BrFN4O/c1-10-16(11(2)23(5)21-10)20-17(24)12(3)22(4)9-13-8-14(18)6-7-15(13)19/h6-8,12H,9H2,1-5H3,(H,20,24). The van der Waals surface area contributed by atoms with Gasteiger partial charge >= 0.3 is 0 Å². The number of nitrogens with one attached hydrogen (secondary N) is 1. The van der Waals surface area contributed by atoms with Gasteiger partial charge in [-0.1, -0.05) is 15.9 Å². The average Bonchev–Trinajstić information content (AvgIpc) is 2.76. The van der Waals surface area contributed by atoms with Crippen molar-refractivity contribution in [3.05, 3.63) is 45.4 Å². The number of aryl methyl sites for hydroxylation is 2. The maximum absolute atomic E-state index is 13.9. The monoisotopic (exact) mass is 396 g/mol. The summed E-state index contributed by atoms with van der Waals surface area (Å²) in [6, 6.07) is 4.39. The molecule has 1 heterocycles. The number of aromatic nitrogens is 2. The number of hydrogen-bond donors (Lipinski definition) is 1. The van der Waals surface area contributed by atoms with E-state index in [1.165, 1.54) is 6.07 Å². The van der Waals surface area contributed by atoms with Crippen molar-refractivity contribution in [3.8, 4) is 0 Å². The topological polar surface area (TPSA) is 50.2 Å². The Labute approximate surface area is 150 Å². The van der Waals surface area contributed by atoms with Gasteiger partial charge in [-0.05, 0) is 46.0 Å². The minimum Gasteiger partial charge on any atom is -0.322 e. The Morgan fingerprint density at radius 1 is 1.46 bits per heavy atom. The molecule has 0 aliphatic carbocycles. The van der Waals surface area contributed by atoms with Crippen LogP contribution >= 0.6 is 15.9 Å². The predicted molar refractivity (Wildman–Crippen MR) is 96.3 cm³/mol. The number of likely N-dealkylation sites (N-methyl/N-ethyl adjacent to an activating group) is 1. The second kappa shape index (κ2) is 7.44. The van der Waals surface area contributed by atoms with Gasteiger partial charge in [0.25, 0.3) is 0 Å². The molecule has 1 aromatic heterocycles. The Morgan fingerprint density at radius 3 is 2.71 bits per heavy atom. The zero-order chi connectivity index (χ0) is 18.0. The van der Waals surface area contributed by atoms with E-state index in [9.17, 15) is 9.18 Å². The first-order valence-corrected chi connectivity index (χ1v) is 8.45. The van der Waals surface area contributed by atoms with E-state index in [1.54, 1.807) is 35.7 Å². The van der Waals surface area contributed by atoms with Crippen molar-refractivity contribution < 1.29 is 9.18 Å². The number of nitrogens with zero attached hydrogens (tertiary/aromatic N) is 3. The Balaban J connectivity index is 2.08. The lowest BCUT2D eigenvalue weighted by molar-refractivity contribution is -0.120.